The molecule has 0 aliphatic rings. The minimum Gasteiger partial charge on any atom is -0.439 e. The molecule has 17 heavy (non-hydrogen) atoms. The van der Waals surface area contributed by atoms with E-state index in [1.165, 1.54) is 0 Å². The Morgan fingerprint density at radius 3 is 2.59 bits per heavy atom. The number of hydrogen-bond acceptors (Lipinski definition) is 3. The fourth-order valence-corrected chi connectivity index (χ4v) is 1.89. The lowest BCUT2D eigenvalue weighted by molar-refractivity contribution is 0.458. The van der Waals surface area contributed by atoms with Crippen LogP contribution in [0, 0.1) is 6.92 Å². The van der Waals surface area contributed by atoms with E-state index in [9.17, 15) is 0 Å². The highest BCUT2D eigenvalue weighted by Crippen LogP contribution is 2.24. The van der Waals surface area contributed by atoms with Crippen LogP contribution in [-0.4, -0.2) is 4.98 Å². The molecule has 0 aliphatic heterocycles. The second-order valence-corrected chi connectivity index (χ2v) is 4.64. The van der Waals surface area contributed by atoms with Crippen LogP contribution >= 0.6 is 15.9 Å². The Morgan fingerprint density at radius 2 is 2.00 bits per heavy atom. The van der Waals surface area contributed by atoms with Gasteiger partial charge in [0.1, 0.15) is 5.75 Å². The number of pyridine rings is 1. The van der Waals surface area contributed by atoms with Gasteiger partial charge in [0.2, 0.25) is 5.88 Å². The van der Waals surface area contributed by atoms with Crippen LogP contribution in [0.2, 0.25) is 0 Å². The Bertz CT molecular complexity index is 511. The maximum atomic E-state index is 5.69. The number of aryl methyl sites for hydroxylation is 1. The minimum atomic E-state index is 0.538. The minimum absolute atomic E-state index is 0.538. The molecule has 0 unspecified atom stereocenters. The third kappa shape index (κ3) is 3.05. The lowest BCUT2D eigenvalue weighted by Gasteiger charge is -2.08. The van der Waals surface area contributed by atoms with Crippen LogP contribution in [0.15, 0.2) is 41.0 Å². The summed E-state index contributed by atoms with van der Waals surface area (Å²) < 4.78 is 6.64. The summed E-state index contributed by atoms with van der Waals surface area (Å²) in [5.41, 5.74) is 7.60. The van der Waals surface area contributed by atoms with Gasteiger partial charge in [-0.25, -0.2) is 4.98 Å². The first kappa shape index (κ1) is 12.1. The molecule has 1 heterocycles. The summed E-state index contributed by atoms with van der Waals surface area (Å²) in [7, 11) is 0. The van der Waals surface area contributed by atoms with Crippen molar-refractivity contribution in [2.24, 2.45) is 5.73 Å². The Kier molecular flexibility index (Phi) is 3.76. The number of halogens is 1. The van der Waals surface area contributed by atoms with Gasteiger partial charge in [-0.1, -0.05) is 12.1 Å². The van der Waals surface area contributed by atoms with Crippen molar-refractivity contribution in [3.63, 3.8) is 0 Å². The molecule has 0 saturated heterocycles. The molecule has 0 saturated carbocycles. The highest BCUT2D eigenvalue weighted by Gasteiger charge is 2.03. The van der Waals surface area contributed by atoms with E-state index in [4.69, 9.17) is 10.5 Å². The molecular weight excluding hydrogens is 280 g/mol. The van der Waals surface area contributed by atoms with Gasteiger partial charge in [0, 0.05) is 22.8 Å². The molecule has 1 aromatic heterocycles. The predicted molar refractivity (Wildman–Crippen MR) is 71.1 cm³/mol. The molecular formula is C13H13BrN2O. The SMILES string of the molecule is Cc1cc(Br)cnc1Oc1ccc(CN)cc1. The maximum Gasteiger partial charge on any atom is 0.222 e. The normalized spacial score (nSPS) is 10.3. The zero-order valence-electron chi connectivity index (χ0n) is 9.48. The summed E-state index contributed by atoms with van der Waals surface area (Å²) >= 11 is 3.37. The highest BCUT2D eigenvalue weighted by molar-refractivity contribution is 9.10. The summed E-state index contributed by atoms with van der Waals surface area (Å²) in [6, 6.07) is 9.65. The van der Waals surface area contributed by atoms with E-state index in [2.05, 4.69) is 20.9 Å². The fourth-order valence-electron chi connectivity index (χ4n) is 1.44. The van der Waals surface area contributed by atoms with Crippen LogP contribution in [0.1, 0.15) is 11.1 Å². The van der Waals surface area contributed by atoms with Gasteiger partial charge in [-0.2, -0.15) is 0 Å². The molecule has 0 atom stereocenters. The van der Waals surface area contributed by atoms with E-state index in [0.29, 0.717) is 12.4 Å². The number of hydrogen-bond donors (Lipinski definition) is 1. The molecule has 2 N–H and O–H groups in total. The summed E-state index contributed by atoms with van der Waals surface area (Å²) in [4.78, 5) is 4.22. The fraction of sp³-hybridized carbons (Fsp3) is 0.154. The van der Waals surface area contributed by atoms with Crippen LogP contribution in [0.25, 0.3) is 0 Å². The second kappa shape index (κ2) is 5.29. The molecule has 4 heteroatoms. The van der Waals surface area contributed by atoms with Crippen LogP contribution in [0.5, 0.6) is 11.6 Å². The Labute approximate surface area is 109 Å². The van der Waals surface area contributed by atoms with Crippen molar-refractivity contribution in [1.82, 2.24) is 4.98 Å². The molecule has 0 fully saturated rings. The number of nitrogens with two attached hydrogens (primary N) is 1. The maximum absolute atomic E-state index is 5.69. The van der Waals surface area contributed by atoms with Crippen LogP contribution in [0.4, 0.5) is 0 Å². The quantitative estimate of drug-likeness (QED) is 0.943. The highest BCUT2D eigenvalue weighted by atomic mass is 79.9. The average molecular weight is 293 g/mol. The van der Waals surface area contributed by atoms with Crippen LogP contribution in [-0.2, 0) is 6.54 Å². The largest absolute Gasteiger partial charge is 0.439 e. The Morgan fingerprint density at radius 1 is 1.29 bits per heavy atom. The molecule has 0 aliphatic carbocycles. The van der Waals surface area contributed by atoms with Gasteiger partial charge in [-0.3, -0.25) is 0 Å². The third-order valence-electron chi connectivity index (χ3n) is 2.37. The van der Waals surface area contributed by atoms with Crippen molar-refractivity contribution in [1.29, 1.82) is 0 Å². The van der Waals surface area contributed by atoms with Gasteiger partial charge in [0.25, 0.3) is 0 Å². The molecule has 2 aromatic rings. The number of ether oxygens (including phenoxy) is 1. The second-order valence-electron chi connectivity index (χ2n) is 3.73. The first-order chi connectivity index (χ1) is 8.19. The van der Waals surface area contributed by atoms with Gasteiger partial charge in [0.05, 0.1) is 0 Å². The first-order valence-corrected chi connectivity index (χ1v) is 6.07. The number of rotatable bonds is 3. The van der Waals surface area contributed by atoms with Crippen molar-refractivity contribution < 1.29 is 4.74 Å². The van der Waals surface area contributed by atoms with E-state index in [-0.39, 0.29) is 0 Å². The molecule has 0 bridgehead atoms. The van der Waals surface area contributed by atoms with Gasteiger partial charge >= 0.3 is 0 Å². The third-order valence-corrected chi connectivity index (χ3v) is 2.80. The molecule has 0 spiro atoms. The number of benzene rings is 1. The molecule has 2 rings (SSSR count). The van der Waals surface area contributed by atoms with Gasteiger partial charge < -0.3 is 10.5 Å². The first-order valence-electron chi connectivity index (χ1n) is 5.28. The summed E-state index contributed by atoms with van der Waals surface area (Å²) in [5, 5.41) is 0. The van der Waals surface area contributed by atoms with Crippen LogP contribution in [0.3, 0.4) is 0 Å². The molecule has 0 amide bonds. The number of nitrogens with zero attached hydrogens (tertiary/aromatic N) is 1. The topological polar surface area (TPSA) is 48.1 Å². The van der Waals surface area contributed by atoms with Crippen molar-refractivity contribution >= 4 is 15.9 Å². The van der Waals surface area contributed by atoms with E-state index in [0.717, 1.165) is 21.3 Å². The monoisotopic (exact) mass is 292 g/mol. The van der Waals surface area contributed by atoms with E-state index in [1.54, 1.807) is 6.20 Å². The standard InChI is InChI=1S/C13H13BrN2O/c1-9-6-11(14)8-16-13(9)17-12-4-2-10(7-15)3-5-12/h2-6,8H,7,15H2,1H3. The average Bonchev–Trinajstić information content (AvgIpc) is 2.34. The summed E-state index contributed by atoms with van der Waals surface area (Å²) in [6.45, 7) is 2.50. The smallest absolute Gasteiger partial charge is 0.222 e. The Balaban J connectivity index is 2.19. The van der Waals surface area contributed by atoms with E-state index < -0.39 is 0 Å². The summed E-state index contributed by atoms with van der Waals surface area (Å²) in [5.74, 6) is 1.38. The zero-order valence-corrected chi connectivity index (χ0v) is 11.1. The summed E-state index contributed by atoms with van der Waals surface area (Å²) in [6.07, 6.45) is 1.72. The van der Waals surface area contributed by atoms with Crippen molar-refractivity contribution in [2.45, 2.75) is 13.5 Å². The molecule has 3 nitrogen and oxygen atoms in total. The van der Waals surface area contributed by atoms with Crippen molar-refractivity contribution in [3.8, 4) is 11.6 Å². The number of aromatic nitrogens is 1. The lowest BCUT2D eigenvalue weighted by atomic mass is 10.2. The molecule has 0 radical (unpaired) electrons. The molecule has 88 valence electrons. The Hall–Kier alpha value is -1.39. The van der Waals surface area contributed by atoms with Crippen LogP contribution < -0.4 is 10.5 Å². The lowest BCUT2D eigenvalue weighted by Crippen LogP contribution is -1.96. The van der Waals surface area contributed by atoms with E-state index in [1.807, 2.05) is 37.3 Å². The van der Waals surface area contributed by atoms with Gasteiger partial charge in [0.15, 0.2) is 0 Å². The van der Waals surface area contributed by atoms with Gasteiger partial charge in [-0.15, -0.1) is 0 Å². The van der Waals surface area contributed by atoms with Crippen molar-refractivity contribution in [3.05, 3.63) is 52.1 Å². The van der Waals surface area contributed by atoms with Gasteiger partial charge in [-0.05, 0) is 46.6 Å². The van der Waals surface area contributed by atoms with E-state index >= 15 is 0 Å². The van der Waals surface area contributed by atoms with Crippen molar-refractivity contribution in [2.75, 3.05) is 0 Å². The zero-order chi connectivity index (χ0) is 12.3. The predicted octanol–water partition coefficient (Wildman–Crippen LogP) is 3.40. The molecule has 1 aromatic carbocycles.